The van der Waals surface area contributed by atoms with Crippen LogP contribution in [0, 0.1) is 0 Å². The lowest BCUT2D eigenvalue weighted by molar-refractivity contribution is -0.127. The first-order valence-corrected chi connectivity index (χ1v) is 13.1. The third kappa shape index (κ3) is 6.29. The van der Waals surface area contributed by atoms with Crippen molar-refractivity contribution in [3.05, 3.63) is 109 Å². The van der Waals surface area contributed by atoms with E-state index in [9.17, 15) is 9.00 Å². The second-order valence-electron chi connectivity index (χ2n) is 7.76. The maximum absolute atomic E-state index is 13.1. The lowest BCUT2D eigenvalue weighted by Gasteiger charge is -2.29. The van der Waals surface area contributed by atoms with Crippen molar-refractivity contribution >= 4 is 57.6 Å². The van der Waals surface area contributed by atoms with Crippen LogP contribution in [0.15, 0.2) is 77.7 Å². The molecule has 0 radical (unpaired) electrons. The summed E-state index contributed by atoms with van der Waals surface area (Å²) < 4.78 is 18.8. The Morgan fingerprint density at radius 1 is 0.853 bits per heavy atom. The van der Waals surface area contributed by atoms with Gasteiger partial charge in [-0.25, -0.2) is 0 Å². The molecule has 1 aliphatic heterocycles. The summed E-state index contributed by atoms with van der Waals surface area (Å²) in [6.45, 7) is 1.10. The first-order valence-electron chi connectivity index (χ1n) is 10.7. The first kappa shape index (κ1) is 25.0. The molecular formula is C26H22Cl3NO3S. The Morgan fingerprint density at radius 3 is 1.88 bits per heavy atom. The van der Waals surface area contributed by atoms with Crippen molar-refractivity contribution in [2.45, 2.75) is 6.10 Å². The van der Waals surface area contributed by atoms with E-state index in [2.05, 4.69) is 0 Å². The van der Waals surface area contributed by atoms with Gasteiger partial charge in [-0.15, -0.1) is 0 Å². The molecule has 0 bridgehead atoms. The van der Waals surface area contributed by atoms with Crippen molar-refractivity contribution in [3.63, 3.8) is 0 Å². The van der Waals surface area contributed by atoms with Gasteiger partial charge in [-0.3, -0.25) is 9.00 Å². The molecule has 0 spiro atoms. The average Bonchev–Trinajstić information content (AvgIpc) is 2.83. The SMILES string of the molecule is O=C1C(=Cc2ccc(Cl)cc2)S(=O)CCN1CCOC(c1ccc(Cl)cc1)c1ccc(Cl)cc1. The topological polar surface area (TPSA) is 46.6 Å². The summed E-state index contributed by atoms with van der Waals surface area (Å²) in [6, 6.07) is 22.0. The molecule has 34 heavy (non-hydrogen) atoms. The van der Waals surface area contributed by atoms with Crippen molar-refractivity contribution in [2.24, 2.45) is 0 Å². The minimum Gasteiger partial charge on any atom is -0.367 e. The van der Waals surface area contributed by atoms with Crippen molar-refractivity contribution in [1.82, 2.24) is 4.90 Å². The highest BCUT2D eigenvalue weighted by atomic mass is 35.5. The van der Waals surface area contributed by atoms with E-state index >= 15 is 0 Å². The molecule has 0 aromatic heterocycles. The molecule has 4 rings (SSSR count). The first-order chi connectivity index (χ1) is 16.4. The molecule has 1 aliphatic rings. The third-order valence-corrected chi connectivity index (χ3v) is 7.54. The minimum absolute atomic E-state index is 0.238. The van der Waals surface area contributed by atoms with Gasteiger partial charge in [0.2, 0.25) is 0 Å². The maximum atomic E-state index is 13.1. The van der Waals surface area contributed by atoms with E-state index in [-0.39, 0.29) is 12.0 Å². The zero-order valence-electron chi connectivity index (χ0n) is 18.1. The lowest BCUT2D eigenvalue weighted by atomic mass is 10.0. The van der Waals surface area contributed by atoms with Gasteiger partial charge in [-0.05, 0) is 59.2 Å². The van der Waals surface area contributed by atoms with Crippen molar-refractivity contribution in [2.75, 3.05) is 25.4 Å². The summed E-state index contributed by atoms with van der Waals surface area (Å²) in [5.74, 6) is 0.154. The van der Waals surface area contributed by atoms with Crippen LogP contribution in [-0.2, 0) is 20.3 Å². The number of rotatable bonds is 7. The van der Waals surface area contributed by atoms with Gasteiger partial charge in [0.25, 0.3) is 5.91 Å². The second-order valence-corrected chi connectivity index (χ2v) is 10.6. The summed E-state index contributed by atoms with van der Waals surface area (Å²) in [5.41, 5.74) is 2.67. The van der Waals surface area contributed by atoms with Crippen LogP contribution in [0.3, 0.4) is 0 Å². The van der Waals surface area contributed by atoms with Gasteiger partial charge in [0.15, 0.2) is 0 Å². The van der Waals surface area contributed by atoms with Gasteiger partial charge in [-0.1, -0.05) is 71.2 Å². The molecule has 1 fully saturated rings. The van der Waals surface area contributed by atoms with E-state index in [1.807, 2.05) is 48.5 Å². The van der Waals surface area contributed by atoms with Crippen molar-refractivity contribution < 1.29 is 13.7 Å². The molecule has 3 aromatic carbocycles. The number of carbonyl (C=O) groups excluding carboxylic acids is 1. The highest BCUT2D eigenvalue weighted by Gasteiger charge is 2.29. The van der Waals surface area contributed by atoms with Gasteiger partial charge >= 0.3 is 0 Å². The number of ether oxygens (including phenoxy) is 1. The van der Waals surface area contributed by atoms with E-state index in [1.165, 1.54) is 0 Å². The summed E-state index contributed by atoms with van der Waals surface area (Å²) in [6.07, 6.45) is 1.33. The van der Waals surface area contributed by atoms with Crippen LogP contribution in [0.25, 0.3) is 6.08 Å². The molecule has 8 heteroatoms. The third-order valence-electron chi connectivity index (χ3n) is 5.45. The van der Waals surface area contributed by atoms with Crippen LogP contribution < -0.4 is 0 Å². The monoisotopic (exact) mass is 533 g/mol. The molecular weight excluding hydrogens is 513 g/mol. The molecule has 1 saturated heterocycles. The highest BCUT2D eigenvalue weighted by Crippen LogP contribution is 2.28. The maximum Gasteiger partial charge on any atom is 0.262 e. The summed E-state index contributed by atoms with van der Waals surface area (Å²) in [5, 5.41) is 1.89. The largest absolute Gasteiger partial charge is 0.367 e. The van der Waals surface area contributed by atoms with Crippen LogP contribution in [0.2, 0.25) is 15.1 Å². The number of carbonyl (C=O) groups is 1. The Balaban J connectivity index is 1.46. The molecule has 0 saturated carbocycles. The van der Waals surface area contributed by atoms with Crippen LogP contribution in [0.1, 0.15) is 22.8 Å². The number of amides is 1. The molecule has 1 amide bonds. The Bertz CT molecular complexity index is 1150. The minimum atomic E-state index is -1.34. The molecule has 0 aliphatic carbocycles. The fourth-order valence-electron chi connectivity index (χ4n) is 3.65. The van der Waals surface area contributed by atoms with Crippen molar-refractivity contribution in [3.8, 4) is 0 Å². The van der Waals surface area contributed by atoms with E-state index in [0.29, 0.717) is 45.4 Å². The van der Waals surface area contributed by atoms with Crippen molar-refractivity contribution in [1.29, 1.82) is 0 Å². The normalized spacial score (nSPS) is 17.5. The van der Waals surface area contributed by atoms with Gasteiger partial charge in [-0.2, -0.15) is 0 Å². The van der Waals surface area contributed by atoms with E-state index in [1.54, 1.807) is 35.2 Å². The zero-order valence-corrected chi connectivity index (χ0v) is 21.2. The molecule has 3 aromatic rings. The number of hydrogen-bond donors (Lipinski definition) is 0. The second kappa shape index (κ2) is 11.5. The Labute approximate surface area is 216 Å². The van der Waals surface area contributed by atoms with Gasteiger partial charge in [0.1, 0.15) is 11.0 Å². The van der Waals surface area contributed by atoms with Crippen LogP contribution in [0.4, 0.5) is 0 Å². The zero-order chi connectivity index (χ0) is 24.1. The summed E-state index contributed by atoms with van der Waals surface area (Å²) in [4.78, 5) is 15.0. The highest BCUT2D eigenvalue weighted by molar-refractivity contribution is 7.90. The number of hydrogen-bond acceptors (Lipinski definition) is 3. The van der Waals surface area contributed by atoms with Gasteiger partial charge in [0.05, 0.1) is 17.4 Å². The predicted octanol–water partition coefficient (Wildman–Crippen LogP) is 6.38. The smallest absolute Gasteiger partial charge is 0.262 e. The summed E-state index contributed by atoms with van der Waals surface area (Å²) >= 11 is 18.1. The molecule has 4 nitrogen and oxygen atoms in total. The summed E-state index contributed by atoms with van der Waals surface area (Å²) in [7, 11) is -1.34. The molecule has 1 atom stereocenters. The quantitative estimate of drug-likeness (QED) is 0.330. The van der Waals surface area contributed by atoms with E-state index in [4.69, 9.17) is 39.5 Å². The number of halogens is 3. The molecule has 0 N–H and O–H groups in total. The van der Waals surface area contributed by atoms with E-state index in [0.717, 1.165) is 16.7 Å². The Kier molecular flexibility index (Phi) is 8.46. The van der Waals surface area contributed by atoms with Gasteiger partial charge in [0, 0.05) is 33.9 Å². The predicted molar refractivity (Wildman–Crippen MR) is 140 cm³/mol. The Morgan fingerprint density at radius 2 is 1.35 bits per heavy atom. The van der Waals surface area contributed by atoms with E-state index < -0.39 is 10.8 Å². The lowest BCUT2D eigenvalue weighted by Crippen LogP contribution is -2.43. The van der Waals surface area contributed by atoms with Crippen LogP contribution in [-0.4, -0.2) is 40.5 Å². The number of benzene rings is 3. The Hall–Kier alpha value is -2.15. The standard InChI is InChI=1S/C26H22Cl3NO3S/c27-21-7-1-18(2-8-21)17-24-26(31)30(14-16-34(24)32)13-15-33-25(19-3-9-22(28)10-4-19)20-5-11-23(29)12-6-20/h1-12,17,25H,13-16H2. The fourth-order valence-corrected chi connectivity index (χ4v) is 5.23. The number of nitrogens with zero attached hydrogens (tertiary/aromatic N) is 1. The molecule has 1 heterocycles. The molecule has 176 valence electrons. The fraction of sp³-hybridized carbons (Fsp3) is 0.192. The van der Waals surface area contributed by atoms with Crippen LogP contribution in [0.5, 0.6) is 0 Å². The van der Waals surface area contributed by atoms with Gasteiger partial charge < -0.3 is 9.64 Å². The molecule has 1 unspecified atom stereocenters. The average molecular weight is 535 g/mol. The van der Waals surface area contributed by atoms with Crippen LogP contribution >= 0.6 is 34.8 Å².